The quantitative estimate of drug-likeness (QED) is 0.527. The lowest BCUT2D eigenvalue weighted by molar-refractivity contribution is 0.0771. The van der Waals surface area contributed by atoms with Gasteiger partial charge in [0.05, 0.1) is 6.61 Å². The summed E-state index contributed by atoms with van der Waals surface area (Å²) < 4.78 is 25.2. The van der Waals surface area contributed by atoms with Crippen LogP contribution < -0.4 is 5.32 Å². The summed E-state index contributed by atoms with van der Waals surface area (Å²) in [7, 11) is 0. The summed E-state index contributed by atoms with van der Waals surface area (Å²) in [5.41, 5.74) is -0.640. The molecule has 6 heteroatoms. The molecule has 0 aliphatic carbocycles. The lowest BCUT2D eigenvalue weighted by atomic mass is 10.5. The highest BCUT2D eigenvalue weighted by atomic mass is 32.2. The molecule has 1 aliphatic heterocycles. The Hall–Kier alpha value is 0.380. The highest BCUT2D eigenvalue weighted by Crippen LogP contribution is 1.97. The molecule has 62 valence electrons. The average molecular weight is 184 g/mol. The zero-order chi connectivity index (χ0) is 6.69. The second-order valence-electron chi connectivity index (χ2n) is 1.76. The van der Waals surface area contributed by atoms with Crippen LogP contribution in [0.5, 0.6) is 0 Å². The van der Waals surface area contributed by atoms with Gasteiger partial charge in [0, 0.05) is 13.1 Å². The van der Waals surface area contributed by atoms with Crippen LogP contribution >= 0.6 is 13.5 Å². The summed E-state index contributed by atoms with van der Waals surface area (Å²) in [6.07, 6.45) is 0. The van der Waals surface area contributed by atoms with Crippen molar-refractivity contribution in [1.82, 2.24) is 5.32 Å². The van der Waals surface area contributed by atoms with Crippen LogP contribution in [0.2, 0.25) is 0 Å². The van der Waals surface area contributed by atoms with Crippen LogP contribution in [-0.4, -0.2) is 33.9 Å². The molecule has 2 atom stereocenters. The molecule has 0 amide bonds. The third-order valence-corrected chi connectivity index (χ3v) is 1.84. The normalized spacial score (nSPS) is 28.7. The maximum Gasteiger partial charge on any atom is 0.131 e. The third kappa shape index (κ3) is 2.98. The van der Waals surface area contributed by atoms with E-state index in [-0.39, 0.29) is 13.5 Å². The Bertz CT molecular complexity index is 115. The van der Waals surface area contributed by atoms with Crippen molar-refractivity contribution in [3.8, 4) is 0 Å². The molecule has 1 aliphatic rings. The van der Waals surface area contributed by atoms with Crippen molar-refractivity contribution in [3.63, 3.8) is 0 Å². The van der Waals surface area contributed by atoms with Crippen molar-refractivity contribution in [1.29, 1.82) is 0 Å². The lowest BCUT2D eigenvalue weighted by Gasteiger charge is -2.24. The van der Waals surface area contributed by atoms with Crippen molar-refractivity contribution in [2.75, 3.05) is 19.7 Å². The SMILES string of the molecule is O=S([O-])C1CNCCO1.S. The van der Waals surface area contributed by atoms with Gasteiger partial charge < -0.3 is 14.6 Å². The monoisotopic (exact) mass is 184 g/mol. The van der Waals surface area contributed by atoms with Crippen molar-refractivity contribution in [2.24, 2.45) is 0 Å². The summed E-state index contributed by atoms with van der Waals surface area (Å²) in [6, 6.07) is 0. The van der Waals surface area contributed by atoms with Crippen LogP contribution in [0.4, 0.5) is 0 Å². The molecular weight excluding hydrogens is 174 g/mol. The molecule has 0 saturated carbocycles. The molecule has 1 N–H and O–H groups in total. The van der Waals surface area contributed by atoms with Crippen molar-refractivity contribution < 1.29 is 13.5 Å². The molecule has 0 radical (unpaired) electrons. The predicted octanol–water partition coefficient (Wildman–Crippen LogP) is -1.08. The first-order chi connectivity index (χ1) is 4.30. The molecule has 1 fully saturated rings. The minimum Gasteiger partial charge on any atom is -0.770 e. The Morgan fingerprint density at radius 3 is 2.70 bits per heavy atom. The fraction of sp³-hybridized carbons (Fsp3) is 1.00. The smallest absolute Gasteiger partial charge is 0.131 e. The Morgan fingerprint density at radius 2 is 2.40 bits per heavy atom. The summed E-state index contributed by atoms with van der Waals surface area (Å²) in [6.45, 7) is 1.64. The minimum absolute atomic E-state index is 0. The molecule has 1 rings (SSSR count). The van der Waals surface area contributed by atoms with Gasteiger partial charge in [-0.1, -0.05) is 0 Å². The van der Waals surface area contributed by atoms with Crippen LogP contribution in [-0.2, 0) is 15.8 Å². The molecule has 4 nitrogen and oxygen atoms in total. The van der Waals surface area contributed by atoms with Crippen molar-refractivity contribution in [3.05, 3.63) is 0 Å². The molecule has 0 aromatic heterocycles. The van der Waals surface area contributed by atoms with Gasteiger partial charge >= 0.3 is 0 Å². The number of rotatable bonds is 1. The van der Waals surface area contributed by atoms with E-state index in [0.29, 0.717) is 13.2 Å². The van der Waals surface area contributed by atoms with E-state index in [1.54, 1.807) is 0 Å². The molecule has 0 aromatic carbocycles. The van der Waals surface area contributed by atoms with E-state index in [1.165, 1.54) is 0 Å². The second-order valence-corrected chi connectivity index (χ2v) is 2.81. The number of morpholine rings is 1. The number of hydrogen-bond acceptors (Lipinski definition) is 4. The largest absolute Gasteiger partial charge is 0.770 e. The Balaban J connectivity index is 0.000000810. The van der Waals surface area contributed by atoms with Crippen LogP contribution in [0.3, 0.4) is 0 Å². The van der Waals surface area contributed by atoms with Gasteiger partial charge in [-0.05, 0) is 11.1 Å². The molecule has 2 unspecified atom stereocenters. The van der Waals surface area contributed by atoms with E-state index in [0.717, 1.165) is 6.54 Å². The Labute approximate surface area is 69.1 Å². The standard InChI is InChI=1S/C4H9NO3S.H2S/c6-9(7)4-3-5-1-2-8-4;/h4-5H,1-3H2,(H,6,7);1H2/p-1. The molecule has 1 heterocycles. The van der Waals surface area contributed by atoms with E-state index >= 15 is 0 Å². The molecule has 10 heavy (non-hydrogen) atoms. The van der Waals surface area contributed by atoms with E-state index in [2.05, 4.69) is 5.32 Å². The summed E-state index contributed by atoms with van der Waals surface area (Å²) in [5.74, 6) is 0. The summed E-state index contributed by atoms with van der Waals surface area (Å²) in [4.78, 5) is 0. The summed E-state index contributed by atoms with van der Waals surface area (Å²) in [5, 5.41) is 2.90. The molecule has 0 bridgehead atoms. The van der Waals surface area contributed by atoms with Crippen molar-refractivity contribution in [2.45, 2.75) is 5.44 Å². The van der Waals surface area contributed by atoms with Gasteiger partial charge in [-0.2, -0.15) is 13.5 Å². The van der Waals surface area contributed by atoms with E-state index < -0.39 is 16.5 Å². The number of nitrogens with one attached hydrogen (secondary N) is 1. The molecule has 0 aromatic rings. The van der Waals surface area contributed by atoms with Gasteiger partial charge in [0.2, 0.25) is 0 Å². The van der Waals surface area contributed by atoms with E-state index in [4.69, 9.17) is 4.74 Å². The Morgan fingerprint density at radius 1 is 1.70 bits per heavy atom. The molecule has 1 saturated heterocycles. The third-order valence-electron chi connectivity index (χ3n) is 1.11. The molecular formula is C4H10NO3S2-. The zero-order valence-corrected chi connectivity index (χ0v) is 7.15. The lowest BCUT2D eigenvalue weighted by Crippen LogP contribution is -2.40. The van der Waals surface area contributed by atoms with Gasteiger partial charge in [0.15, 0.2) is 0 Å². The first kappa shape index (κ1) is 10.4. The van der Waals surface area contributed by atoms with Gasteiger partial charge in [0.25, 0.3) is 0 Å². The zero-order valence-electron chi connectivity index (χ0n) is 5.33. The van der Waals surface area contributed by atoms with Gasteiger partial charge in [-0.3, -0.25) is 4.21 Å². The molecule has 0 spiro atoms. The fourth-order valence-electron chi connectivity index (χ4n) is 0.665. The maximum atomic E-state index is 10.2. The van der Waals surface area contributed by atoms with Gasteiger partial charge in [-0.25, -0.2) is 0 Å². The van der Waals surface area contributed by atoms with Crippen molar-refractivity contribution >= 4 is 24.6 Å². The number of hydrogen-bond donors (Lipinski definition) is 1. The topological polar surface area (TPSA) is 61.4 Å². The minimum atomic E-state index is -2.09. The summed E-state index contributed by atoms with van der Waals surface area (Å²) >= 11 is -2.09. The first-order valence-electron chi connectivity index (χ1n) is 2.71. The predicted molar refractivity (Wildman–Crippen MR) is 41.9 cm³/mol. The number of ether oxygens (including phenoxy) is 1. The fourth-order valence-corrected chi connectivity index (χ4v) is 1.13. The highest BCUT2D eigenvalue weighted by molar-refractivity contribution is 7.79. The average Bonchev–Trinajstić information content (AvgIpc) is 1.90. The van der Waals surface area contributed by atoms with E-state index in [9.17, 15) is 8.76 Å². The van der Waals surface area contributed by atoms with Crippen LogP contribution in [0, 0.1) is 0 Å². The maximum absolute atomic E-state index is 10.2. The first-order valence-corrected chi connectivity index (χ1v) is 3.85. The second kappa shape index (κ2) is 5.09. The van der Waals surface area contributed by atoms with E-state index in [1.807, 2.05) is 0 Å². The van der Waals surface area contributed by atoms with Gasteiger partial charge in [-0.15, -0.1) is 0 Å². The Kier molecular flexibility index (Phi) is 5.28. The van der Waals surface area contributed by atoms with Crippen LogP contribution in [0.1, 0.15) is 0 Å². The van der Waals surface area contributed by atoms with Crippen LogP contribution in [0.15, 0.2) is 0 Å². The van der Waals surface area contributed by atoms with Gasteiger partial charge in [0.1, 0.15) is 5.44 Å². The van der Waals surface area contributed by atoms with Crippen LogP contribution in [0.25, 0.3) is 0 Å². The highest BCUT2D eigenvalue weighted by Gasteiger charge is 2.12.